The van der Waals surface area contributed by atoms with Gasteiger partial charge in [-0.1, -0.05) is 42.5 Å². The Hall–Kier alpha value is -2.78. The van der Waals surface area contributed by atoms with Crippen LogP contribution in [0.2, 0.25) is 0 Å². The zero-order chi connectivity index (χ0) is 19.9. The molecule has 3 aromatic rings. The second-order valence-corrected chi connectivity index (χ2v) is 7.23. The maximum atomic E-state index is 11.8. The molecule has 0 aliphatic rings. The first-order chi connectivity index (χ1) is 13.6. The third-order valence-corrected chi connectivity index (χ3v) is 5.16. The number of hydrogen-bond donors (Lipinski definition) is 4. The molecule has 0 aliphatic carbocycles. The summed E-state index contributed by atoms with van der Waals surface area (Å²) in [4.78, 5) is 14.2. The monoisotopic (exact) mass is 399 g/mol. The Labute approximate surface area is 165 Å². The number of hydroxylamine groups is 1. The molecule has 7 nitrogen and oxygen atoms in total. The zero-order valence-electron chi connectivity index (χ0n) is 15.0. The number of fused-ring (bicyclic) bond motifs is 1. The van der Waals surface area contributed by atoms with Crippen LogP contribution in [0.1, 0.15) is 16.7 Å². The molecule has 0 spiro atoms. The number of aromatic amines is 1. The summed E-state index contributed by atoms with van der Waals surface area (Å²) in [6.07, 6.45) is 5.36. The van der Waals surface area contributed by atoms with Crippen molar-refractivity contribution in [2.75, 3.05) is 6.54 Å². The van der Waals surface area contributed by atoms with Gasteiger partial charge in [-0.3, -0.25) is 14.6 Å². The Kier molecular flexibility index (Phi) is 6.72. The molecule has 4 N–H and O–H groups in total. The van der Waals surface area contributed by atoms with Gasteiger partial charge >= 0.3 is 0 Å². The molecule has 146 valence electrons. The summed E-state index contributed by atoms with van der Waals surface area (Å²) < 4.78 is 22.9. The van der Waals surface area contributed by atoms with Crippen LogP contribution in [-0.4, -0.2) is 35.7 Å². The first-order valence-corrected chi connectivity index (χ1v) is 9.75. The average molecular weight is 399 g/mol. The van der Waals surface area contributed by atoms with Crippen LogP contribution < -0.4 is 5.48 Å². The van der Waals surface area contributed by atoms with E-state index in [0.29, 0.717) is 19.5 Å². The van der Waals surface area contributed by atoms with Crippen LogP contribution in [0, 0.1) is 0 Å². The molecule has 0 fully saturated rings. The SMILES string of the molecule is O=C(/C=C/c1ccc(CN(CCc2c[nH]c3ccccc23)S(=O)O)cc1)NO. The fourth-order valence-electron chi connectivity index (χ4n) is 2.94. The lowest BCUT2D eigenvalue weighted by atomic mass is 10.1. The second kappa shape index (κ2) is 9.43. The molecule has 0 saturated carbocycles. The number of amides is 1. The highest BCUT2D eigenvalue weighted by molar-refractivity contribution is 7.76. The van der Waals surface area contributed by atoms with E-state index >= 15 is 0 Å². The summed E-state index contributed by atoms with van der Waals surface area (Å²) in [5, 5.41) is 9.59. The van der Waals surface area contributed by atoms with Gasteiger partial charge in [-0.25, -0.2) is 9.69 Å². The van der Waals surface area contributed by atoms with Crippen LogP contribution in [0.4, 0.5) is 0 Å². The zero-order valence-corrected chi connectivity index (χ0v) is 15.9. The molecule has 0 bridgehead atoms. The first-order valence-electron chi connectivity index (χ1n) is 8.69. The van der Waals surface area contributed by atoms with E-state index in [0.717, 1.165) is 27.6 Å². The number of carbonyl (C=O) groups excluding carboxylic acids is 1. The molecule has 1 heterocycles. The normalized spacial score (nSPS) is 12.7. The molecule has 2 aromatic carbocycles. The van der Waals surface area contributed by atoms with Crippen LogP contribution in [0.5, 0.6) is 0 Å². The van der Waals surface area contributed by atoms with E-state index in [-0.39, 0.29) is 0 Å². The summed E-state index contributed by atoms with van der Waals surface area (Å²) in [6.45, 7) is 0.760. The topological polar surface area (TPSA) is 106 Å². The fourth-order valence-corrected chi connectivity index (χ4v) is 3.45. The van der Waals surface area contributed by atoms with E-state index in [1.807, 2.05) is 42.6 Å². The smallest absolute Gasteiger partial charge is 0.267 e. The van der Waals surface area contributed by atoms with Crippen molar-refractivity contribution in [3.05, 3.63) is 77.5 Å². The van der Waals surface area contributed by atoms with Gasteiger partial charge in [0.2, 0.25) is 11.3 Å². The Bertz CT molecular complexity index is 998. The lowest BCUT2D eigenvalue weighted by Crippen LogP contribution is -2.27. The molecule has 3 rings (SSSR count). The van der Waals surface area contributed by atoms with Crippen LogP contribution in [-0.2, 0) is 29.0 Å². The second-order valence-electron chi connectivity index (χ2n) is 6.25. The van der Waals surface area contributed by atoms with Gasteiger partial charge in [0.25, 0.3) is 5.91 Å². The Morgan fingerprint density at radius 3 is 2.64 bits per heavy atom. The van der Waals surface area contributed by atoms with E-state index in [4.69, 9.17) is 5.21 Å². The Balaban J connectivity index is 1.64. The predicted octanol–water partition coefficient (Wildman–Crippen LogP) is 2.87. The van der Waals surface area contributed by atoms with E-state index < -0.39 is 17.2 Å². The van der Waals surface area contributed by atoms with Crippen molar-refractivity contribution in [2.24, 2.45) is 0 Å². The number of hydrogen-bond acceptors (Lipinski definition) is 3. The third-order valence-electron chi connectivity index (χ3n) is 4.40. The molecule has 1 amide bonds. The van der Waals surface area contributed by atoms with Crippen LogP contribution in [0.15, 0.2) is 60.8 Å². The van der Waals surface area contributed by atoms with Gasteiger partial charge in [0.15, 0.2) is 0 Å². The number of nitrogens with zero attached hydrogens (tertiary/aromatic N) is 1. The van der Waals surface area contributed by atoms with Crippen molar-refractivity contribution < 1.29 is 18.8 Å². The predicted molar refractivity (Wildman–Crippen MR) is 109 cm³/mol. The first kappa shape index (κ1) is 20.0. The van der Waals surface area contributed by atoms with Gasteiger partial charge in [-0.05, 0) is 35.3 Å². The van der Waals surface area contributed by atoms with Crippen molar-refractivity contribution in [3.63, 3.8) is 0 Å². The van der Waals surface area contributed by atoms with Crippen LogP contribution in [0.25, 0.3) is 17.0 Å². The van der Waals surface area contributed by atoms with Gasteiger partial charge in [-0.2, -0.15) is 4.31 Å². The minimum Gasteiger partial charge on any atom is -0.361 e. The summed E-state index contributed by atoms with van der Waals surface area (Å²) in [6, 6.07) is 15.2. The quantitative estimate of drug-likeness (QED) is 0.202. The molecule has 1 atom stereocenters. The van der Waals surface area contributed by atoms with Gasteiger partial charge in [-0.15, -0.1) is 0 Å². The number of nitrogens with one attached hydrogen (secondary N) is 2. The molecule has 0 radical (unpaired) electrons. The molecule has 28 heavy (non-hydrogen) atoms. The van der Waals surface area contributed by atoms with Crippen LogP contribution >= 0.6 is 0 Å². The Morgan fingerprint density at radius 1 is 1.18 bits per heavy atom. The molecule has 0 saturated heterocycles. The van der Waals surface area contributed by atoms with Crippen molar-refractivity contribution in [3.8, 4) is 0 Å². The standard InChI is InChI=1S/C20H21N3O4S/c24-20(22-25)10-9-15-5-7-16(8-6-15)14-23(28(26)27)12-11-17-13-21-19-4-2-1-3-18(17)19/h1-10,13,21,25H,11-12,14H2,(H,22,24)(H,26,27)/b10-9+. The number of rotatable bonds is 8. The van der Waals surface area contributed by atoms with Crippen molar-refractivity contribution in [1.82, 2.24) is 14.8 Å². The fraction of sp³-hybridized carbons (Fsp3) is 0.150. The lowest BCUT2D eigenvalue weighted by Gasteiger charge is -2.17. The van der Waals surface area contributed by atoms with Gasteiger partial charge < -0.3 is 4.98 Å². The largest absolute Gasteiger partial charge is 0.361 e. The third kappa shape index (κ3) is 5.14. The average Bonchev–Trinajstić information content (AvgIpc) is 3.13. The summed E-state index contributed by atoms with van der Waals surface area (Å²) in [7, 11) is 0. The molecule has 0 aliphatic heterocycles. The molecule has 1 unspecified atom stereocenters. The number of carbonyl (C=O) groups is 1. The van der Waals surface area contributed by atoms with Crippen molar-refractivity contribution in [1.29, 1.82) is 0 Å². The lowest BCUT2D eigenvalue weighted by molar-refractivity contribution is -0.124. The minimum atomic E-state index is -2.09. The van der Waals surface area contributed by atoms with Crippen LogP contribution in [0.3, 0.4) is 0 Å². The summed E-state index contributed by atoms with van der Waals surface area (Å²) in [5.41, 5.74) is 5.34. The number of aromatic nitrogens is 1. The number of H-pyrrole nitrogens is 1. The maximum Gasteiger partial charge on any atom is 0.267 e. The van der Waals surface area contributed by atoms with E-state index in [1.165, 1.54) is 15.9 Å². The highest BCUT2D eigenvalue weighted by atomic mass is 32.2. The molecule has 1 aromatic heterocycles. The van der Waals surface area contributed by atoms with Crippen molar-refractivity contribution >= 4 is 34.2 Å². The van der Waals surface area contributed by atoms with E-state index in [1.54, 1.807) is 18.2 Å². The highest BCUT2D eigenvalue weighted by Crippen LogP contribution is 2.19. The van der Waals surface area contributed by atoms with Crippen molar-refractivity contribution in [2.45, 2.75) is 13.0 Å². The van der Waals surface area contributed by atoms with Gasteiger partial charge in [0, 0.05) is 36.3 Å². The highest BCUT2D eigenvalue weighted by Gasteiger charge is 2.13. The van der Waals surface area contributed by atoms with E-state index in [2.05, 4.69) is 4.98 Å². The number of para-hydroxylation sites is 1. The molecule has 8 heteroatoms. The maximum absolute atomic E-state index is 11.8. The summed E-state index contributed by atoms with van der Waals surface area (Å²) in [5.74, 6) is -0.608. The van der Waals surface area contributed by atoms with Gasteiger partial charge in [0.1, 0.15) is 0 Å². The number of benzene rings is 2. The Morgan fingerprint density at radius 2 is 1.93 bits per heavy atom. The van der Waals surface area contributed by atoms with Gasteiger partial charge in [0.05, 0.1) is 0 Å². The molecular weight excluding hydrogens is 378 g/mol. The minimum absolute atomic E-state index is 0.326. The molecular formula is C20H21N3O4S. The summed E-state index contributed by atoms with van der Waals surface area (Å²) >= 11 is -2.09. The van der Waals surface area contributed by atoms with E-state index in [9.17, 15) is 13.6 Å².